The maximum absolute atomic E-state index is 12.1. The van der Waals surface area contributed by atoms with E-state index in [4.69, 9.17) is 4.74 Å². The molecule has 0 saturated carbocycles. The summed E-state index contributed by atoms with van der Waals surface area (Å²) in [6.07, 6.45) is 2.63. The third kappa shape index (κ3) is 4.28. The van der Waals surface area contributed by atoms with Gasteiger partial charge in [0.2, 0.25) is 5.91 Å². The molecule has 0 radical (unpaired) electrons. The fourth-order valence-corrected chi connectivity index (χ4v) is 2.34. The predicted octanol–water partition coefficient (Wildman–Crippen LogP) is 1.29. The quantitative estimate of drug-likeness (QED) is 0.881. The van der Waals surface area contributed by atoms with Crippen LogP contribution < -0.4 is 5.32 Å². The van der Waals surface area contributed by atoms with Crippen LogP contribution in [0.25, 0.3) is 0 Å². The topological polar surface area (TPSA) is 54.5 Å². The lowest BCUT2D eigenvalue weighted by molar-refractivity contribution is -0.124. The van der Waals surface area contributed by atoms with Crippen LogP contribution in [0.4, 0.5) is 0 Å². The fraction of sp³-hybridized carbons (Fsp3) is 0.600. The fourth-order valence-electron chi connectivity index (χ4n) is 2.34. The maximum atomic E-state index is 12.1. The summed E-state index contributed by atoms with van der Waals surface area (Å²) in [5.41, 5.74) is 2.10. The van der Waals surface area contributed by atoms with Gasteiger partial charge < -0.3 is 10.1 Å². The number of carbonyl (C=O) groups excluding carboxylic acids is 1. The Morgan fingerprint density at radius 3 is 2.90 bits per heavy atom. The molecule has 5 nitrogen and oxygen atoms in total. The lowest BCUT2D eigenvalue weighted by Crippen LogP contribution is -2.44. The highest BCUT2D eigenvalue weighted by Crippen LogP contribution is 2.15. The van der Waals surface area contributed by atoms with E-state index in [-0.39, 0.29) is 11.9 Å². The number of nitrogens with one attached hydrogen (secondary N) is 1. The Hall–Kier alpha value is -1.46. The summed E-state index contributed by atoms with van der Waals surface area (Å²) in [7, 11) is 0. The predicted molar refractivity (Wildman–Crippen MR) is 77.4 cm³/mol. The third-order valence-electron chi connectivity index (χ3n) is 3.51. The Morgan fingerprint density at radius 1 is 1.50 bits per heavy atom. The van der Waals surface area contributed by atoms with Crippen LogP contribution in [0.1, 0.15) is 30.6 Å². The zero-order valence-electron chi connectivity index (χ0n) is 12.3. The van der Waals surface area contributed by atoms with Crippen LogP contribution in [-0.2, 0) is 9.53 Å². The number of hydrogen-bond donors (Lipinski definition) is 1. The molecule has 20 heavy (non-hydrogen) atoms. The molecule has 1 aromatic heterocycles. The first-order chi connectivity index (χ1) is 9.69. The Labute approximate surface area is 120 Å². The summed E-state index contributed by atoms with van der Waals surface area (Å²) in [5, 5.41) is 3.07. The summed E-state index contributed by atoms with van der Waals surface area (Å²) in [6.45, 7) is 7.61. The van der Waals surface area contributed by atoms with Gasteiger partial charge >= 0.3 is 0 Å². The first kappa shape index (κ1) is 14.9. The zero-order valence-corrected chi connectivity index (χ0v) is 12.3. The lowest BCUT2D eigenvalue weighted by atomic mass is 10.1. The van der Waals surface area contributed by atoms with Crippen molar-refractivity contribution in [3.05, 3.63) is 29.6 Å². The van der Waals surface area contributed by atoms with Crippen molar-refractivity contribution in [2.75, 3.05) is 32.8 Å². The molecule has 1 fully saturated rings. The highest BCUT2D eigenvalue weighted by molar-refractivity contribution is 5.78. The van der Waals surface area contributed by atoms with Gasteiger partial charge in [-0.25, -0.2) is 0 Å². The summed E-state index contributed by atoms with van der Waals surface area (Å²) in [6, 6.07) is 3.98. The molecule has 1 aliphatic rings. The average Bonchev–Trinajstić information content (AvgIpc) is 2.46. The number of morpholine rings is 1. The number of nitrogens with zero attached hydrogens (tertiary/aromatic N) is 2. The standard InChI is InChI=1S/C15H23N3O2/c1-3-13(14-10-12(2)4-5-16-14)17-15(19)11-18-6-8-20-9-7-18/h4-5,10,13H,3,6-9,11H2,1-2H3,(H,17,19)/t13-/m0/s1. The number of carbonyl (C=O) groups is 1. The van der Waals surface area contributed by atoms with Gasteiger partial charge in [-0.2, -0.15) is 0 Å². The molecule has 0 bridgehead atoms. The van der Waals surface area contributed by atoms with E-state index < -0.39 is 0 Å². The Balaban J connectivity index is 1.90. The van der Waals surface area contributed by atoms with Gasteiger partial charge in [0.05, 0.1) is 31.5 Å². The highest BCUT2D eigenvalue weighted by Gasteiger charge is 2.18. The molecule has 1 amide bonds. The van der Waals surface area contributed by atoms with Gasteiger partial charge in [0.1, 0.15) is 0 Å². The average molecular weight is 277 g/mol. The van der Waals surface area contributed by atoms with Crippen LogP contribution in [0.5, 0.6) is 0 Å². The van der Waals surface area contributed by atoms with Crippen LogP contribution in [0.3, 0.4) is 0 Å². The van der Waals surface area contributed by atoms with Crippen molar-refractivity contribution in [2.45, 2.75) is 26.3 Å². The van der Waals surface area contributed by atoms with Crippen molar-refractivity contribution < 1.29 is 9.53 Å². The highest BCUT2D eigenvalue weighted by atomic mass is 16.5. The van der Waals surface area contributed by atoms with Crippen LogP contribution in [0.15, 0.2) is 18.3 Å². The number of aromatic nitrogens is 1. The molecule has 5 heteroatoms. The summed E-state index contributed by atoms with van der Waals surface area (Å²) in [5.74, 6) is 0.0575. The van der Waals surface area contributed by atoms with E-state index in [1.807, 2.05) is 19.1 Å². The summed E-state index contributed by atoms with van der Waals surface area (Å²) >= 11 is 0. The zero-order chi connectivity index (χ0) is 14.4. The monoisotopic (exact) mass is 277 g/mol. The molecule has 1 saturated heterocycles. The lowest BCUT2D eigenvalue weighted by Gasteiger charge is -2.26. The smallest absolute Gasteiger partial charge is 0.234 e. The second-order valence-corrected chi connectivity index (χ2v) is 5.17. The third-order valence-corrected chi connectivity index (χ3v) is 3.51. The van der Waals surface area contributed by atoms with Crippen molar-refractivity contribution >= 4 is 5.91 Å². The van der Waals surface area contributed by atoms with E-state index in [0.29, 0.717) is 19.8 Å². The van der Waals surface area contributed by atoms with Crippen molar-refractivity contribution in [1.29, 1.82) is 0 Å². The van der Waals surface area contributed by atoms with Gasteiger partial charge in [-0.1, -0.05) is 6.92 Å². The van der Waals surface area contributed by atoms with Gasteiger partial charge in [0.25, 0.3) is 0 Å². The maximum Gasteiger partial charge on any atom is 0.234 e. The number of amides is 1. The van der Waals surface area contributed by atoms with Gasteiger partial charge in [-0.3, -0.25) is 14.7 Å². The normalized spacial score (nSPS) is 17.7. The number of pyridine rings is 1. The number of hydrogen-bond acceptors (Lipinski definition) is 4. The van der Waals surface area contributed by atoms with Crippen molar-refractivity contribution in [1.82, 2.24) is 15.2 Å². The van der Waals surface area contributed by atoms with Crippen molar-refractivity contribution in [3.8, 4) is 0 Å². The molecule has 110 valence electrons. The van der Waals surface area contributed by atoms with Crippen molar-refractivity contribution in [3.63, 3.8) is 0 Å². The van der Waals surface area contributed by atoms with Crippen molar-refractivity contribution in [2.24, 2.45) is 0 Å². The van der Waals surface area contributed by atoms with Crippen LogP contribution in [-0.4, -0.2) is 48.6 Å². The van der Waals surface area contributed by atoms with E-state index in [2.05, 4.69) is 22.1 Å². The van der Waals surface area contributed by atoms with E-state index in [1.165, 1.54) is 0 Å². The second kappa shape index (κ2) is 7.36. The molecule has 0 spiro atoms. The molecule has 1 aromatic rings. The molecule has 0 aliphatic carbocycles. The minimum absolute atomic E-state index is 0.0107. The molecular formula is C15H23N3O2. The van der Waals surface area contributed by atoms with Crippen LogP contribution in [0.2, 0.25) is 0 Å². The number of ether oxygens (including phenoxy) is 1. The Kier molecular flexibility index (Phi) is 5.49. The van der Waals surface area contributed by atoms with E-state index in [1.54, 1.807) is 6.20 Å². The minimum atomic E-state index is -0.0107. The summed E-state index contributed by atoms with van der Waals surface area (Å²) in [4.78, 5) is 18.6. The van der Waals surface area contributed by atoms with Gasteiger partial charge in [0, 0.05) is 19.3 Å². The molecule has 2 rings (SSSR count). The van der Waals surface area contributed by atoms with Crippen LogP contribution in [0, 0.1) is 6.92 Å². The molecule has 1 aliphatic heterocycles. The van der Waals surface area contributed by atoms with E-state index in [9.17, 15) is 4.79 Å². The molecule has 2 heterocycles. The number of rotatable bonds is 5. The molecule has 1 N–H and O–H groups in total. The van der Waals surface area contributed by atoms with Gasteiger partial charge in [0.15, 0.2) is 0 Å². The van der Waals surface area contributed by atoms with Gasteiger partial charge in [-0.15, -0.1) is 0 Å². The number of aryl methyl sites for hydroxylation is 1. The Bertz CT molecular complexity index is 444. The Morgan fingerprint density at radius 2 is 2.25 bits per heavy atom. The first-order valence-electron chi connectivity index (χ1n) is 7.21. The molecule has 1 atom stereocenters. The SMILES string of the molecule is CC[C@H](NC(=O)CN1CCOCC1)c1cc(C)ccn1. The second-order valence-electron chi connectivity index (χ2n) is 5.17. The van der Waals surface area contributed by atoms with E-state index in [0.717, 1.165) is 30.8 Å². The van der Waals surface area contributed by atoms with Crippen LogP contribution >= 0.6 is 0 Å². The first-order valence-corrected chi connectivity index (χ1v) is 7.21. The molecule has 0 aromatic carbocycles. The molecule has 0 unspecified atom stereocenters. The minimum Gasteiger partial charge on any atom is -0.379 e. The largest absolute Gasteiger partial charge is 0.379 e. The summed E-state index contributed by atoms with van der Waals surface area (Å²) < 4.78 is 5.28. The van der Waals surface area contributed by atoms with Gasteiger partial charge in [-0.05, 0) is 31.0 Å². The van der Waals surface area contributed by atoms with E-state index >= 15 is 0 Å². The molecular weight excluding hydrogens is 254 g/mol.